The van der Waals surface area contributed by atoms with Gasteiger partial charge in [-0.05, 0) is 24.6 Å². The van der Waals surface area contributed by atoms with Crippen LogP contribution in [0.2, 0.25) is 0 Å². The average molecular weight is 259 g/mol. The molecule has 1 amide bonds. The molecule has 1 aromatic rings. The molecule has 7 nitrogen and oxygen atoms in total. The summed E-state index contributed by atoms with van der Waals surface area (Å²) in [7, 11) is 0. The first kappa shape index (κ1) is 14.4. The lowest BCUT2D eigenvalue weighted by Gasteiger charge is -2.01. The summed E-state index contributed by atoms with van der Waals surface area (Å²) in [6.07, 6.45) is 1.43. The van der Waals surface area contributed by atoms with Crippen molar-refractivity contribution in [3.05, 3.63) is 51.9 Å². The van der Waals surface area contributed by atoms with E-state index in [9.17, 15) is 9.59 Å². The van der Waals surface area contributed by atoms with Crippen LogP contribution in [0.15, 0.2) is 41.0 Å². The molecule has 0 saturated carbocycles. The highest BCUT2D eigenvalue weighted by Gasteiger charge is 2.08. The fourth-order valence-corrected chi connectivity index (χ4v) is 1.41. The lowest BCUT2D eigenvalue weighted by Crippen LogP contribution is -2.18. The zero-order valence-corrected chi connectivity index (χ0v) is 10.1. The molecule has 0 bridgehead atoms. The van der Waals surface area contributed by atoms with E-state index in [4.69, 9.17) is 17.0 Å². The number of nitrogens with zero attached hydrogens (tertiary/aromatic N) is 3. The summed E-state index contributed by atoms with van der Waals surface area (Å²) in [4.78, 5) is 25.6. The first-order chi connectivity index (χ1) is 9.08. The maximum atomic E-state index is 11.9. The number of azide groups is 1. The van der Waals surface area contributed by atoms with Crippen LogP contribution in [0.5, 0.6) is 0 Å². The van der Waals surface area contributed by atoms with Crippen molar-refractivity contribution in [2.24, 2.45) is 16.6 Å². The third-order valence-corrected chi connectivity index (χ3v) is 2.35. The predicted molar refractivity (Wildman–Crippen MR) is 70.5 cm³/mol. The van der Waals surface area contributed by atoms with Crippen LogP contribution in [0.1, 0.15) is 16.8 Å². The van der Waals surface area contributed by atoms with Crippen molar-refractivity contribution in [3.8, 4) is 0 Å². The van der Waals surface area contributed by atoms with Gasteiger partial charge in [0.1, 0.15) is 0 Å². The molecule has 4 N–H and O–H groups in total. The molecule has 7 heteroatoms. The Balaban J connectivity index is 2.96. The second kappa shape index (κ2) is 6.95. The minimum absolute atomic E-state index is 0.187. The number of rotatable bonds is 6. The number of allylic oxidation sites excluding steroid dienone is 1. The molecule has 0 radical (unpaired) electrons. The number of nitrogens with two attached hydrogens (primary N) is 2. The van der Waals surface area contributed by atoms with E-state index in [2.05, 4.69) is 10.0 Å². The number of carbonyl (C=O) groups excluding carboxylic acids is 2. The first-order valence-electron chi connectivity index (χ1n) is 5.48. The summed E-state index contributed by atoms with van der Waals surface area (Å²) >= 11 is 0. The molecule has 0 spiro atoms. The van der Waals surface area contributed by atoms with Gasteiger partial charge < -0.3 is 11.5 Å². The van der Waals surface area contributed by atoms with Crippen molar-refractivity contribution >= 4 is 17.4 Å². The second-order valence-electron chi connectivity index (χ2n) is 3.67. The highest BCUT2D eigenvalue weighted by Crippen LogP contribution is 2.14. The van der Waals surface area contributed by atoms with Gasteiger partial charge >= 0.3 is 0 Å². The van der Waals surface area contributed by atoms with Crippen LogP contribution >= 0.6 is 0 Å². The number of benzene rings is 1. The van der Waals surface area contributed by atoms with Crippen LogP contribution < -0.4 is 11.5 Å². The normalized spacial score (nSPS) is 10.7. The Morgan fingerprint density at radius 3 is 2.42 bits per heavy atom. The Hall–Kier alpha value is -2.63. The maximum Gasteiger partial charge on any atom is 0.244 e. The van der Waals surface area contributed by atoms with Crippen LogP contribution in [0, 0.1) is 0 Å². The quantitative estimate of drug-likeness (QED) is 0.264. The van der Waals surface area contributed by atoms with E-state index in [0.717, 1.165) is 0 Å². The van der Waals surface area contributed by atoms with Crippen LogP contribution in [0.3, 0.4) is 0 Å². The standard InChI is InChI=1S/C12H13N5O2/c13-6-5-9(12(14)19)7-11(18)8-1-3-10(4-2-8)16-17-15/h1-4,7H,5-6,13H2,(H2,14,19). The molecule has 1 rings (SSSR count). The number of ketones is 1. The van der Waals surface area contributed by atoms with Gasteiger partial charge in [0.2, 0.25) is 5.91 Å². The second-order valence-corrected chi connectivity index (χ2v) is 3.67. The van der Waals surface area contributed by atoms with Crippen molar-refractivity contribution in [1.82, 2.24) is 0 Å². The van der Waals surface area contributed by atoms with Crippen molar-refractivity contribution in [1.29, 1.82) is 0 Å². The summed E-state index contributed by atoms with van der Waals surface area (Å²) in [6, 6.07) is 6.02. The molecule has 19 heavy (non-hydrogen) atoms. The fraction of sp³-hybridized carbons (Fsp3) is 0.167. The third-order valence-electron chi connectivity index (χ3n) is 2.35. The summed E-state index contributed by atoms with van der Waals surface area (Å²) in [5.74, 6) is -1.01. The largest absolute Gasteiger partial charge is 0.366 e. The van der Waals surface area contributed by atoms with Gasteiger partial charge in [0, 0.05) is 21.7 Å². The lowest BCUT2D eigenvalue weighted by molar-refractivity contribution is -0.114. The molecule has 1 aromatic carbocycles. The Bertz CT molecular complexity index is 556. The number of hydrogen-bond acceptors (Lipinski definition) is 4. The molecule has 98 valence electrons. The van der Waals surface area contributed by atoms with Crippen molar-refractivity contribution in [2.45, 2.75) is 6.42 Å². The number of hydrogen-bond donors (Lipinski definition) is 2. The number of primary amides is 1. The molecule has 0 saturated heterocycles. The SMILES string of the molecule is [N-]=[N+]=Nc1ccc(C(=O)C=C(CCN)C(N)=O)cc1. The summed E-state index contributed by atoms with van der Waals surface area (Å²) < 4.78 is 0. The fourth-order valence-electron chi connectivity index (χ4n) is 1.41. The van der Waals surface area contributed by atoms with E-state index < -0.39 is 5.91 Å². The zero-order valence-electron chi connectivity index (χ0n) is 10.1. The maximum absolute atomic E-state index is 11.9. The molecular formula is C12H13N5O2. The smallest absolute Gasteiger partial charge is 0.244 e. The van der Waals surface area contributed by atoms with E-state index in [-0.39, 0.29) is 24.3 Å². The third kappa shape index (κ3) is 4.27. The van der Waals surface area contributed by atoms with E-state index in [0.29, 0.717) is 11.3 Å². The molecule has 0 aromatic heterocycles. The minimum atomic E-state index is -0.662. The Labute approximate surface area is 109 Å². The van der Waals surface area contributed by atoms with Gasteiger partial charge in [0.05, 0.1) is 0 Å². The summed E-state index contributed by atoms with van der Waals surface area (Å²) in [5.41, 5.74) is 19.7. The molecule has 0 atom stereocenters. The molecule has 0 unspecified atom stereocenters. The molecular weight excluding hydrogens is 246 g/mol. The molecule has 0 aliphatic carbocycles. The zero-order chi connectivity index (χ0) is 14.3. The molecule has 0 aliphatic rings. The van der Waals surface area contributed by atoms with Crippen molar-refractivity contribution in [3.63, 3.8) is 0 Å². The summed E-state index contributed by atoms with van der Waals surface area (Å²) in [6.45, 7) is 0.234. The highest BCUT2D eigenvalue weighted by molar-refractivity contribution is 6.09. The average Bonchev–Trinajstić information content (AvgIpc) is 2.39. The van der Waals surface area contributed by atoms with Crippen LogP contribution in [-0.4, -0.2) is 18.2 Å². The van der Waals surface area contributed by atoms with Crippen LogP contribution in [0.4, 0.5) is 5.69 Å². The lowest BCUT2D eigenvalue weighted by atomic mass is 10.1. The van der Waals surface area contributed by atoms with Gasteiger partial charge in [-0.1, -0.05) is 29.4 Å². The van der Waals surface area contributed by atoms with E-state index in [1.165, 1.54) is 30.3 Å². The van der Waals surface area contributed by atoms with Crippen molar-refractivity contribution in [2.75, 3.05) is 6.54 Å². The Kier molecular flexibility index (Phi) is 5.28. The predicted octanol–water partition coefficient (Wildman–Crippen LogP) is 1.57. The Morgan fingerprint density at radius 1 is 1.32 bits per heavy atom. The van der Waals surface area contributed by atoms with Crippen LogP contribution in [-0.2, 0) is 4.79 Å². The van der Waals surface area contributed by atoms with Gasteiger partial charge in [-0.2, -0.15) is 0 Å². The van der Waals surface area contributed by atoms with E-state index in [1.54, 1.807) is 0 Å². The van der Waals surface area contributed by atoms with Gasteiger partial charge in [-0.25, -0.2) is 0 Å². The molecule has 0 fully saturated rings. The summed E-state index contributed by atoms with van der Waals surface area (Å²) in [5, 5.41) is 3.39. The van der Waals surface area contributed by atoms with Gasteiger partial charge in [-0.15, -0.1) is 0 Å². The number of carbonyl (C=O) groups is 2. The monoisotopic (exact) mass is 259 g/mol. The first-order valence-corrected chi connectivity index (χ1v) is 5.48. The Morgan fingerprint density at radius 2 is 1.95 bits per heavy atom. The van der Waals surface area contributed by atoms with E-state index >= 15 is 0 Å². The topological polar surface area (TPSA) is 135 Å². The number of amides is 1. The molecule has 0 heterocycles. The van der Waals surface area contributed by atoms with Gasteiger partial charge in [0.25, 0.3) is 0 Å². The highest BCUT2D eigenvalue weighted by atomic mass is 16.1. The van der Waals surface area contributed by atoms with Crippen molar-refractivity contribution < 1.29 is 9.59 Å². The van der Waals surface area contributed by atoms with E-state index in [1.807, 2.05) is 0 Å². The minimum Gasteiger partial charge on any atom is -0.366 e. The van der Waals surface area contributed by atoms with Crippen LogP contribution in [0.25, 0.3) is 10.4 Å². The van der Waals surface area contributed by atoms with Gasteiger partial charge in [-0.3, -0.25) is 9.59 Å². The van der Waals surface area contributed by atoms with Gasteiger partial charge in [0.15, 0.2) is 5.78 Å². The molecule has 0 aliphatic heterocycles.